The molecule has 0 aliphatic rings. The molecular formula is C9H13NO3. The average molecular weight is 183 g/mol. The Kier molecular flexibility index (Phi) is 2.75. The van der Waals surface area contributed by atoms with Gasteiger partial charge in [-0.1, -0.05) is 0 Å². The highest BCUT2D eigenvalue weighted by Crippen LogP contribution is 2.28. The van der Waals surface area contributed by atoms with Crippen molar-refractivity contribution in [1.82, 2.24) is 0 Å². The summed E-state index contributed by atoms with van der Waals surface area (Å²) in [6.07, 6.45) is -0.966. The van der Waals surface area contributed by atoms with E-state index < -0.39 is 12.1 Å². The molecule has 0 spiro atoms. The number of rotatable bonds is 2. The third-order valence-electron chi connectivity index (χ3n) is 1.83. The number of phenolic OH excluding ortho intramolecular Hbond substituents is 2. The van der Waals surface area contributed by atoms with Gasteiger partial charge in [-0.05, 0) is 25.1 Å². The van der Waals surface area contributed by atoms with Gasteiger partial charge in [0.25, 0.3) is 0 Å². The molecule has 1 aromatic rings. The van der Waals surface area contributed by atoms with Gasteiger partial charge in [0.05, 0.1) is 6.10 Å². The molecule has 0 heterocycles. The van der Waals surface area contributed by atoms with Crippen molar-refractivity contribution in [3.63, 3.8) is 0 Å². The third kappa shape index (κ3) is 2.11. The fraction of sp³-hybridized carbons (Fsp3) is 0.333. The minimum atomic E-state index is -0.966. The van der Waals surface area contributed by atoms with Crippen LogP contribution in [0.5, 0.6) is 11.5 Å². The summed E-state index contributed by atoms with van der Waals surface area (Å²) in [5.74, 6) is -0.0740. The first-order chi connectivity index (χ1) is 6.02. The molecule has 0 radical (unpaired) electrons. The van der Waals surface area contributed by atoms with Gasteiger partial charge in [-0.15, -0.1) is 0 Å². The molecule has 0 saturated heterocycles. The quantitative estimate of drug-likeness (QED) is 0.502. The topological polar surface area (TPSA) is 86.7 Å². The maximum absolute atomic E-state index is 9.51. The Bertz CT molecular complexity index is 299. The second kappa shape index (κ2) is 3.64. The summed E-state index contributed by atoms with van der Waals surface area (Å²) in [6, 6.07) is 3.46. The van der Waals surface area contributed by atoms with Gasteiger partial charge in [0, 0.05) is 11.6 Å². The van der Waals surface area contributed by atoms with Crippen molar-refractivity contribution in [3.8, 4) is 11.5 Å². The van der Waals surface area contributed by atoms with Crippen LogP contribution in [-0.4, -0.2) is 21.4 Å². The van der Waals surface area contributed by atoms with Crippen molar-refractivity contribution in [2.24, 2.45) is 5.73 Å². The van der Waals surface area contributed by atoms with Crippen molar-refractivity contribution in [3.05, 3.63) is 23.8 Å². The van der Waals surface area contributed by atoms with Gasteiger partial charge in [-0.25, -0.2) is 0 Å². The number of aliphatic hydroxyl groups is 1. The van der Waals surface area contributed by atoms with Crippen LogP contribution >= 0.6 is 0 Å². The van der Waals surface area contributed by atoms with E-state index >= 15 is 0 Å². The van der Waals surface area contributed by atoms with Gasteiger partial charge >= 0.3 is 0 Å². The summed E-state index contributed by atoms with van der Waals surface area (Å²) in [7, 11) is 0. The predicted octanol–water partition coefficient (Wildman–Crippen LogP) is 0.478. The van der Waals surface area contributed by atoms with Gasteiger partial charge in [0.1, 0.15) is 11.5 Å². The van der Waals surface area contributed by atoms with E-state index in [2.05, 4.69) is 0 Å². The molecule has 0 aromatic heterocycles. The minimum absolute atomic E-state index is 0.00694. The zero-order valence-electron chi connectivity index (χ0n) is 7.31. The van der Waals surface area contributed by atoms with Crippen LogP contribution in [0, 0.1) is 0 Å². The largest absolute Gasteiger partial charge is 0.508 e. The van der Waals surface area contributed by atoms with Crippen molar-refractivity contribution >= 4 is 0 Å². The molecule has 0 aliphatic carbocycles. The standard InChI is InChI=1S/C9H13NO3/c1-5(10)9(13)7-4-6(11)2-3-8(7)12/h2-5,9,11-13H,10H2,1H3. The Hall–Kier alpha value is -1.26. The number of phenols is 2. The Labute approximate surface area is 76.2 Å². The monoisotopic (exact) mass is 183 g/mol. The number of hydrogen-bond donors (Lipinski definition) is 4. The normalized spacial score (nSPS) is 15.3. The average Bonchev–Trinajstić information content (AvgIpc) is 2.08. The first-order valence-electron chi connectivity index (χ1n) is 3.98. The third-order valence-corrected chi connectivity index (χ3v) is 1.83. The summed E-state index contributed by atoms with van der Waals surface area (Å²) in [5.41, 5.74) is 5.69. The first-order valence-corrected chi connectivity index (χ1v) is 3.98. The van der Waals surface area contributed by atoms with Crippen LogP contribution < -0.4 is 5.73 Å². The molecule has 5 N–H and O–H groups in total. The van der Waals surface area contributed by atoms with Gasteiger partial charge in [-0.2, -0.15) is 0 Å². The molecule has 0 fully saturated rings. The second-order valence-corrected chi connectivity index (χ2v) is 3.05. The van der Waals surface area contributed by atoms with E-state index in [1.54, 1.807) is 6.92 Å². The van der Waals surface area contributed by atoms with Crippen LogP contribution in [0.3, 0.4) is 0 Å². The summed E-state index contributed by atoms with van der Waals surface area (Å²) >= 11 is 0. The molecule has 0 amide bonds. The van der Waals surface area contributed by atoms with Crippen molar-refractivity contribution in [2.45, 2.75) is 19.1 Å². The summed E-state index contributed by atoms with van der Waals surface area (Å²) in [5, 5.41) is 27.9. The molecular weight excluding hydrogens is 170 g/mol. The van der Waals surface area contributed by atoms with E-state index in [9.17, 15) is 10.2 Å². The number of hydrogen-bond acceptors (Lipinski definition) is 4. The lowest BCUT2D eigenvalue weighted by atomic mass is 10.0. The molecule has 1 aromatic carbocycles. The van der Waals surface area contributed by atoms with Gasteiger partial charge < -0.3 is 21.1 Å². The lowest BCUT2D eigenvalue weighted by molar-refractivity contribution is 0.149. The minimum Gasteiger partial charge on any atom is -0.508 e. The lowest BCUT2D eigenvalue weighted by Gasteiger charge is -2.16. The highest BCUT2D eigenvalue weighted by molar-refractivity contribution is 5.40. The molecule has 4 heteroatoms. The van der Waals surface area contributed by atoms with Crippen molar-refractivity contribution in [1.29, 1.82) is 0 Å². The van der Waals surface area contributed by atoms with Gasteiger partial charge in [0.2, 0.25) is 0 Å². The van der Waals surface area contributed by atoms with Crippen molar-refractivity contribution in [2.75, 3.05) is 0 Å². The zero-order valence-corrected chi connectivity index (χ0v) is 7.31. The van der Waals surface area contributed by atoms with Gasteiger partial charge in [-0.3, -0.25) is 0 Å². The lowest BCUT2D eigenvalue weighted by Crippen LogP contribution is -2.24. The number of benzene rings is 1. The highest BCUT2D eigenvalue weighted by Gasteiger charge is 2.16. The molecule has 2 atom stereocenters. The van der Waals surface area contributed by atoms with E-state index in [1.165, 1.54) is 18.2 Å². The number of aromatic hydroxyl groups is 2. The maximum Gasteiger partial charge on any atom is 0.121 e. The fourth-order valence-electron chi connectivity index (χ4n) is 1.06. The molecule has 13 heavy (non-hydrogen) atoms. The molecule has 0 aliphatic heterocycles. The maximum atomic E-state index is 9.51. The van der Waals surface area contributed by atoms with Crippen LogP contribution in [0.15, 0.2) is 18.2 Å². The van der Waals surface area contributed by atoms with Crippen LogP contribution in [0.2, 0.25) is 0 Å². The fourth-order valence-corrected chi connectivity index (χ4v) is 1.06. The van der Waals surface area contributed by atoms with Crippen LogP contribution in [-0.2, 0) is 0 Å². The van der Waals surface area contributed by atoms with E-state index in [0.717, 1.165) is 0 Å². The summed E-state index contributed by atoms with van der Waals surface area (Å²) in [4.78, 5) is 0. The molecule has 2 unspecified atom stereocenters. The molecule has 0 saturated carbocycles. The highest BCUT2D eigenvalue weighted by atomic mass is 16.3. The Morgan fingerprint density at radius 1 is 1.31 bits per heavy atom. The van der Waals surface area contributed by atoms with E-state index in [-0.39, 0.29) is 17.1 Å². The van der Waals surface area contributed by atoms with E-state index in [1.807, 2.05) is 0 Å². The summed E-state index contributed by atoms with van der Waals surface area (Å²) < 4.78 is 0. The Morgan fingerprint density at radius 2 is 1.92 bits per heavy atom. The Balaban J connectivity index is 3.05. The molecule has 4 nitrogen and oxygen atoms in total. The SMILES string of the molecule is CC(N)C(O)c1cc(O)ccc1O. The number of nitrogens with two attached hydrogens (primary N) is 1. The predicted molar refractivity (Wildman–Crippen MR) is 48.4 cm³/mol. The van der Waals surface area contributed by atoms with Crippen LogP contribution in [0.1, 0.15) is 18.6 Å². The molecule has 72 valence electrons. The number of aliphatic hydroxyl groups excluding tert-OH is 1. The smallest absolute Gasteiger partial charge is 0.121 e. The molecule has 1 rings (SSSR count). The Morgan fingerprint density at radius 3 is 2.46 bits per heavy atom. The van der Waals surface area contributed by atoms with Crippen LogP contribution in [0.4, 0.5) is 0 Å². The van der Waals surface area contributed by atoms with Crippen LogP contribution in [0.25, 0.3) is 0 Å². The zero-order chi connectivity index (χ0) is 10.0. The second-order valence-electron chi connectivity index (χ2n) is 3.05. The van der Waals surface area contributed by atoms with Gasteiger partial charge in [0.15, 0.2) is 0 Å². The van der Waals surface area contributed by atoms with E-state index in [4.69, 9.17) is 10.8 Å². The first kappa shape index (κ1) is 9.83. The van der Waals surface area contributed by atoms with Crippen molar-refractivity contribution < 1.29 is 15.3 Å². The molecule has 0 bridgehead atoms. The summed E-state index contributed by atoms with van der Waals surface area (Å²) in [6.45, 7) is 1.62. The van der Waals surface area contributed by atoms with E-state index in [0.29, 0.717) is 0 Å².